The second-order valence-corrected chi connectivity index (χ2v) is 5.35. The molecule has 0 radical (unpaired) electrons. The van der Waals surface area contributed by atoms with Gasteiger partial charge in [0.1, 0.15) is 0 Å². The molecule has 0 aliphatic rings. The first-order valence-corrected chi connectivity index (χ1v) is 6.39. The lowest BCUT2D eigenvalue weighted by atomic mass is 9.93. The molecule has 0 fully saturated rings. The van der Waals surface area contributed by atoms with Crippen LogP contribution in [0, 0.1) is 5.41 Å². The highest BCUT2D eigenvalue weighted by atomic mass is 15.1. The summed E-state index contributed by atoms with van der Waals surface area (Å²) in [7, 11) is 0. The molecular formula is C14H25N3. The number of nitrogens with two attached hydrogens (primary N) is 1. The molecule has 0 unspecified atom stereocenters. The van der Waals surface area contributed by atoms with Crippen molar-refractivity contribution in [3.8, 4) is 0 Å². The fourth-order valence-corrected chi connectivity index (χ4v) is 1.85. The molecule has 17 heavy (non-hydrogen) atoms. The van der Waals surface area contributed by atoms with Crippen molar-refractivity contribution in [3.05, 3.63) is 30.1 Å². The molecule has 0 aromatic carbocycles. The second-order valence-electron chi connectivity index (χ2n) is 5.35. The van der Waals surface area contributed by atoms with E-state index in [9.17, 15) is 0 Å². The summed E-state index contributed by atoms with van der Waals surface area (Å²) in [5.74, 6) is 0. The largest absolute Gasteiger partial charge is 0.330 e. The molecule has 1 heterocycles. The second kappa shape index (κ2) is 6.72. The molecule has 0 spiro atoms. The normalized spacial score (nSPS) is 12.1. The Hall–Kier alpha value is -0.930. The van der Waals surface area contributed by atoms with Gasteiger partial charge in [0.2, 0.25) is 0 Å². The van der Waals surface area contributed by atoms with Crippen LogP contribution in [0.25, 0.3) is 0 Å². The van der Waals surface area contributed by atoms with E-state index in [0.29, 0.717) is 0 Å². The average molecular weight is 235 g/mol. The SMILES string of the molecule is CCN(CCc1cccnc1)CC(C)(C)CN. The van der Waals surface area contributed by atoms with Crippen LogP contribution in [0.5, 0.6) is 0 Å². The van der Waals surface area contributed by atoms with Crippen molar-refractivity contribution in [1.29, 1.82) is 0 Å². The lowest BCUT2D eigenvalue weighted by Crippen LogP contribution is -2.39. The van der Waals surface area contributed by atoms with E-state index in [0.717, 1.165) is 32.6 Å². The van der Waals surface area contributed by atoms with Gasteiger partial charge >= 0.3 is 0 Å². The monoisotopic (exact) mass is 235 g/mol. The van der Waals surface area contributed by atoms with Gasteiger partial charge in [0.15, 0.2) is 0 Å². The predicted octanol–water partition coefficient (Wildman–Crippen LogP) is 1.93. The van der Waals surface area contributed by atoms with Crippen molar-refractivity contribution in [2.45, 2.75) is 27.2 Å². The van der Waals surface area contributed by atoms with Gasteiger partial charge in [0.25, 0.3) is 0 Å². The number of aromatic nitrogens is 1. The van der Waals surface area contributed by atoms with Crippen molar-refractivity contribution in [2.24, 2.45) is 11.1 Å². The van der Waals surface area contributed by atoms with Crippen molar-refractivity contribution < 1.29 is 0 Å². The molecule has 0 saturated heterocycles. The molecule has 3 nitrogen and oxygen atoms in total. The summed E-state index contributed by atoms with van der Waals surface area (Å²) < 4.78 is 0. The average Bonchev–Trinajstić information content (AvgIpc) is 2.35. The zero-order valence-electron chi connectivity index (χ0n) is 11.3. The van der Waals surface area contributed by atoms with Gasteiger partial charge < -0.3 is 10.6 Å². The Bertz CT molecular complexity index is 309. The highest BCUT2D eigenvalue weighted by Gasteiger charge is 2.18. The van der Waals surface area contributed by atoms with Crippen LogP contribution in [0.4, 0.5) is 0 Å². The zero-order valence-corrected chi connectivity index (χ0v) is 11.3. The lowest BCUT2D eigenvalue weighted by Gasteiger charge is -2.31. The number of hydrogen-bond donors (Lipinski definition) is 1. The summed E-state index contributed by atoms with van der Waals surface area (Å²) >= 11 is 0. The Morgan fingerprint density at radius 1 is 1.41 bits per heavy atom. The van der Waals surface area contributed by atoms with Crippen LogP contribution >= 0.6 is 0 Å². The van der Waals surface area contributed by atoms with Crippen LogP contribution in [-0.4, -0.2) is 36.1 Å². The third-order valence-electron chi connectivity index (χ3n) is 3.09. The Balaban J connectivity index is 2.43. The molecular weight excluding hydrogens is 210 g/mol. The van der Waals surface area contributed by atoms with E-state index < -0.39 is 0 Å². The highest BCUT2D eigenvalue weighted by Crippen LogP contribution is 2.15. The Morgan fingerprint density at radius 2 is 2.18 bits per heavy atom. The summed E-state index contributed by atoms with van der Waals surface area (Å²) in [5, 5.41) is 0. The fraction of sp³-hybridized carbons (Fsp3) is 0.643. The van der Waals surface area contributed by atoms with E-state index >= 15 is 0 Å². The minimum Gasteiger partial charge on any atom is -0.330 e. The first-order valence-electron chi connectivity index (χ1n) is 6.39. The third kappa shape index (κ3) is 5.29. The molecule has 0 aliphatic carbocycles. The zero-order chi connectivity index (χ0) is 12.7. The molecule has 96 valence electrons. The van der Waals surface area contributed by atoms with E-state index in [1.54, 1.807) is 0 Å². The number of nitrogens with zero attached hydrogens (tertiary/aromatic N) is 2. The molecule has 1 aromatic heterocycles. The number of hydrogen-bond acceptors (Lipinski definition) is 3. The maximum absolute atomic E-state index is 5.78. The maximum atomic E-state index is 5.78. The Labute approximate surface area is 105 Å². The Morgan fingerprint density at radius 3 is 2.71 bits per heavy atom. The molecule has 0 bridgehead atoms. The molecule has 3 heteroatoms. The summed E-state index contributed by atoms with van der Waals surface area (Å²) in [5.41, 5.74) is 7.28. The quantitative estimate of drug-likeness (QED) is 0.785. The van der Waals surface area contributed by atoms with Crippen molar-refractivity contribution in [2.75, 3.05) is 26.2 Å². The molecule has 0 saturated carbocycles. The number of rotatable bonds is 7. The van der Waals surface area contributed by atoms with Gasteiger partial charge in [-0.15, -0.1) is 0 Å². The standard InChI is InChI=1S/C14H25N3/c1-4-17(12-14(2,3)11-15)9-7-13-6-5-8-16-10-13/h5-6,8,10H,4,7,9,11-12,15H2,1-3H3. The topological polar surface area (TPSA) is 42.2 Å². The summed E-state index contributed by atoms with van der Waals surface area (Å²) in [4.78, 5) is 6.60. The Kier molecular flexibility index (Phi) is 5.59. The maximum Gasteiger partial charge on any atom is 0.0300 e. The molecule has 2 N–H and O–H groups in total. The van der Waals surface area contributed by atoms with E-state index in [4.69, 9.17) is 5.73 Å². The van der Waals surface area contributed by atoms with Crippen molar-refractivity contribution >= 4 is 0 Å². The molecule has 1 rings (SSSR count). The van der Waals surface area contributed by atoms with Gasteiger partial charge in [-0.3, -0.25) is 4.98 Å². The number of likely N-dealkylation sites (N-methyl/N-ethyl adjacent to an activating group) is 1. The predicted molar refractivity (Wildman–Crippen MR) is 72.9 cm³/mol. The van der Waals surface area contributed by atoms with E-state index in [2.05, 4.69) is 36.7 Å². The molecule has 0 atom stereocenters. The molecule has 0 amide bonds. The van der Waals surface area contributed by atoms with Crippen LogP contribution in [0.1, 0.15) is 26.3 Å². The van der Waals surface area contributed by atoms with Crippen LogP contribution in [0.3, 0.4) is 0 Å². The smallest absolute Gasteiger partial charge is 0.0300 e. The first-order chi connectivity index (χ1) is 8.07. The van der Waals surface area contributed by atoms with Crippen LogP contribution in [-0.2, 0) is 6.42 Å². The summed E-state index contributed by atoms with van der Waals surface area (Å²) in [6, 6.07) is 4.13. The van der Waals surface area contributed by atoms with Gasteiger partial charge in [-0.05, 0) is 36.6 Å². The van der Waals surface area contributed by atoms with E-state index in [1.165, 1.54) is 5.56 Å². The van der Waals surface area contributed by atoms with Gasteiger partial charge in [0.05, 0.1) is 0 Å². The van der Waals surface area contributed by atoms with Crippen LogP contribution in [0.15, 0.2) is 24.5 Å². The highest BCUT2D eigenvalue weighted by molar-refractivity contribution is 5.08. The van der Waals surface area contributed by atoms with Gasteiger partial charge in [-0.2, -0.15) is 0 Å². The third-order valence-corrected chi connectivity index (χ3v) is 3.09. The van der Waals surface area contributed by atoms with Crippen LogP contribution < -0.4 is 5.73 Å². The van der Waals surface area contributed by atoms with Gasteiger partial charge in [-0.1, -0.05) is 26.8 Å². The summed E-state index contributed by atoms with van der Waals surface area (Å²) in [6.07, 6.45) is 4.82. The van der Waals surface area contributed by atoms with Crippen LogP contribution in [0.2, 0.25) is 0 Å². The molecule has 1 aromatic rings. The first kappa shape index (κ1) is 14.1. The minimum absolute atomic E-state index is 0.199. The fourth-order valence-electron chi connectivity index (χ4n) is 1.85. The van der Waals surface area contributed by atoms with Gasteiger partial charge in [-0.25, -0.2) is 0 Å². The van der Waals surface area contributed by atoms with E-state index in [1.807, 2.05) is 18.5 Å². The molecule has 0 aliphatic heterocycles. The number of pyridine rings is 1. The summed E-state index contributed by atoms with van der Waals surface area (Å²) in [6.45, 7) is 10.6. The minimum atomic E-state index is 0.199. The van der Waals surface area contributed by atoms with Crippen molar-refractivity contribution in [3.63, 3.8) is 0 Å². The van der Waals surface area contributed by atoms with Gasteiger partial charge in [0, 0.05) is 25.5 Å². The van der Waals surface area contributed by atoms with E-state index in [-0.39, 0.29) is 5.41 Å². The lowest BCUT2D eigenvalue weighted by molar-refractivity contribution is 0.192. The van der Waals surface area contributed by atoms with Crippen molar-refractivity contribution in [1.82, 2.24) is 9.88 Å².